The first kappa shape index (κ1) is 12.6. The summed E-state index contributed by atoms with van der Waals surface area (Å²) in [6.45, 7) is 9.91. The first-order chi connectivity index (χ1) is 6.86. The van der Waals surface area contributed by atoms with Crippen LogP contribution in [0.1, 0.15) is 33.4 Å². The maximum atomic E-state index is 4.10. The third-order valence-corrected chi connectivity index (χ3v) is 1.24. The molecule has 0 aromatic carbocycles. The monoisotopic (exact) mass is 194 g/mol. The van der Waals surface area contributed by atoms with Gasteiger partial charge < -0.3 is 0 Å². The first-order valence-electron chi connectivity index (χ1n) is 4.99. The van der Waals surface area contributed by atoms with Crippen molar-refractivity contribution in [1.29, 1.82) is 0 Å². The van der Waals surface area contributed by atoms with E-state index in [4.69, 9.17) is 0 Å². The lowest BCUT2D eigenvalue weighted by molar-refractivity contribution is 0.901. The van der Waals surface area contributed by atoms with Gasteiger partial charge in [-0.15, -0.1) is 0 Å². The van der Waals surface area contributed by atoms with Gasteiger partial charge in [-0.25, -0.2) is 14.5 Å². The van der Waals surface area contributed by atoms with Gasteiger partial charge in [0.05, 0.1) is 24.3 Å². The molecule has 0 amide bonds. The summed E-state index contributed by atoms with van der Waals surface area (Å²) in [5, 5.41) is 3.99. The van der Waals surface area contributed by atoms with E-state index in [1.165, 1.54) is 0 Å². The van der Waals surface area contributed by atoms with Crippen molar-refractivity contribution < 1.29 is 0 Å². The van der Waals surface area contributed by atoms with E-state index in [1.54, 1.807) is 16.9 Å². The van der Waals surface area contributed by atoms with Crippen molar-refractivity contribution in [2.75, 3.05) is 0 Å². The highest BCUT2D eigenvalue weighted by Crippen LogP contribution is 1.95. The fourth-order valence-corrected chi connectivity index (χ4v) is 0.847. The molecule has 2 aromatic heterocycles. The quantitative estimate of drug-likeness (QED) is 0.647. The smallest absolute Gasteiger partial charge is 0.218 e. The zero-order valence-electron chi connectivity index (χ0n) is 9.52. The Morgan fingerprint density at radius 1 is 1.07 bits per heavy atom. The number of imidazole rings is 1. The molecule has 0 aliphatic carbocycles. The summed E-state index contributed by atoms with van der Waals surface area (Å²) in [6.07, 6.45) is 5.10. The first-order valence-corrected chi connectivity index (χ1v) is 4.99. The van der Waals surface area contributed by atoms with Crippen LogP contribution in [0.3, 0.4) is 0 Å². The Morgan fingerprint density at radius 3 is 2.29 bits per heavy atom. The van der Waals surface area contributed by atoms with Crippen molar-refractivity contribution in [3.63, 3.8) is 0 Å². The standard InChI is InChI=1S/C6H6N4.2C2H6/c1-5-4-10-6(9-5)7-2-3-8-10;2*1-2/h2-4H,1H3;2*1-2H3. The predicted molar refractivity (Wildman–Crippen MR) is 58.2 cm³/mol. The predicted octanol–water partition coefficient (Wildman–Crippen LogP) is 2.49. The van der Waals surface area contributed by atoms with Gasteiger partial charge in [-0.3, -0.25) is 0 Å². The molecule has 0 saturated carbocycles. The summed E-state index contributed by atoms with van der Waals surface area (Å²) in [5.41, 5.74) is 0.936. The molecule has 78 valence electrons. The van der Waals surface area contributed by atoms with Gasteiger partial charge in [0.25, 0.3) is 5.78 Å². The molecule has 2 aromatic rings. The van der Waals surface area contributed by atoms with Crippen LogP contribution >= 0.6 is 0 Å². The van der Waals surface area contributed by atoms with Crippen LogP contribution in [0.4, 0.5) is 0 Å². The van der Waals surface area contributed by atoms with Crippen molar-refractivity contribution in [2.45, 2.75) is 34.6 Å². The number of aromatic nitrogens is 4. The average Bonchev–Trinajstić information content (AvgIpc) is 2.64. The lowest BCUT2D eigenvalue weighted by atomic mass is 10.6. The molecule has 0 spiro atoms. The molecule has 0 aliphatic rings. The lowest BCUT2D eigenvalue weighted by Crippen LogP contribution is -1.89. The van der Waals surface area contributed by atoms with Gasteiger partial charge in [-0.1, -0.05) is 27.7 Å². The summed E-state index contributed by atoms with van der Waals surface area (Å²) in [6, 6.07) is 0. The highest BCUT2D eigenvalue weighted by molar-refractivity contribution is 5.26. The van der Waals surface area contributed by atoms with Gasteiger partial charge in [0.1, 0.15) is 0 Å². The second-order valence-corrected chi connectivity index (χ2v) is 2.07. The average molecular weight is 194 g/mol. The summed E-state index contributed by atoms with van der Waals surface area (Å²) in [4.78, 5) is 8.09. The number of fused-ring (bicyclic) bond motifs is 1. The number of hydrogen-bond donors (Lipinski definition) is 0. The zero-order valence-corrected chi connectivity index (χ0v) is 9.52. The van der Waals surface area contributed by atoms with Crippen LogP contribution in [0.5, 0.6) is 0 Å². The molecule has 14 heavy (non-hydrogen) atoms. The topological polar surface area (TPSA) is 43.1 Å². The van der Waals surface area contributed by atoms with Crippen molar-refractivity contribution >= 4 is 5.78 Å². The van der Waals surface area contributed by atoms with Gasteiger partial charge in [0.2, 0.25) is 0 Å². The molecule has 0 aliphatic heterocycles. The van der Waals surface area contributed by atoms with Crippen LogP contribution in [0, 0.1) is 6.92 Å². The molecule has 4 nitrogen and oxygen atoms in total. The number of rotatable bonds is 0. The van der Waals surface area contributed by atoms with Crippen LogP contribution in [0.25, 0.3) is 5.78 Å². The minimum Gasteiger partial charge on any atom is -0.218 e. The Hall–Kier alpha value is -1.45. The highest BCUT2D eigenvalue weighted by atomic mass is 15.3. The fraction of sp³-hybridized carbons (Fsp3) is 0.500. The van der Waals surface area contributed by atoms with E-state index in [0.717, 1.165) is 5.69 Å². The van der Waals surface area contributed by atoms with Gasteiger partial charge in [-0.2, -0.15) is 5.10 Å². The normalized spacial score (nSPS) is 8.36. The maximum Gasteiger partial charge on any atom is 0.250 e. The summed E-state index contributed by atoms with van der Waals surface area (Å²) >= 11 is 0. The Bertz CT molecular complexity index is 321. The molecule has 0 N–H and O–H groups in total. The largest absolute Gasteiger partial charge is 0.250 e. The Kier molecular flexibility index (Phi) is 6.28. The van der Waals surface area contributed by atoms with E-state index in [-0.39, 0.29) is 0 Å². The Morgan fingerprint density at radius 2 is 1.71 bits per heavy atom. The maximum absolute atomic E-state index is 4.10. The molecule has 0 radical (unpaired) electrons. The third-order valence-electron chi connectivity index (χ3n) is 1.24. The molecule has 0 atom stereocenters. The molecule has 2 heterocycles. The third kappa shape index (κ3) is 3.12. The zero-order chi connectivity index (χ0) is 11.0. The van der Waals surface area contributed by atoms with Crippen LogP contribution in [-0.4, -0.2) is 19.6 Å². The lowest BCUT2D eigenvalue weighted by Gasteiger charge is -1.84. The second kappa shape index (κ2) is 7.00. The summed E-state index contributed by atoms with van der Waals surface area (Å²) in [7, 11) is 0. The highest BCUT2D eigenvalue weighted by Gasteiger charge is 1.95. The SMILES string of the molecule is CC.CC.Cc1cn2nccnc2n1. The van der Waals surface area contributed by atoms with Gasteiger partial charge in [0.15, 0.2) is 0 Å². The van der Waals surface area contributed by atoms with E-state index < -0.39 is 0 Å². The van der Waals surface area contributed by atoms with Gasteiger partial charge in [-0.05, 0) is 6.92 Å². The molecule has 0 bridgehead atoms. The number of aryl methyl sites for hydroxylation is 1. The van der Waals surface area contributed by atoms with Gasteiger partial charge in [0, 0.05) is 0 Å². The van der Waals surface area contributed by atoms with Crippen LogP contribution in [-0.2, 0) is 0 Å². The van der Waals surface area contributed by atoms with E-state index >= 15 is 0 Å². The van der Waals surface area contributed by atoms with Gasteiger partial charge >= 0.3 is 0 Å². The molecular weight excluding hydrogens is 176 g/mol. The number of hydrogen-bond acceptors (Lipinski definition) is 3. The Labute approximate surface area is 85.0 Å². The van der Waals surface area contributed by atoms with E-state index in [9.17, 15) is 0 Å². The van der Waals surface area contributed by atoms with Crippen LogP contribution in [0.15, 0.2) is 18.6 Å². The van der Waals surface area contributed by atoms with Crippen molar-refractivity contribution in [3.8, 4) is 0 Å². The molecule has 4 heteroatoms. The van der Waals surface area contributed by atoms with Crippen molar-refractivity contribution in [3.05, 3.63) is 24.3 Å². The minimum absolute atomic E-state index is 0.653. The minimum atomic E-state index is 0.653. The fourth-order valence-electron chi connectivity index (χ4n) is 0.847. The van der Waals surface area contributed by atoms with E-state index in [2.05, 4.69) is 15.1 Å². The summed E-state index contributed by atoms with van der Waals surface area (Å²) < 4.78 is 1.65. The molecule has 0 fully saturated rings. The van der Waals surface area contributed by atoms with Crippen molar-refractivity contribution in [2.24, 2.45) is 0 Å². The second-order valence-electron chi connectivity index (χ2n) is 2.07. The van der Waals surface area contributed by atoms with E-state index in [0.29, 0.717) is 5.78 Å². The molecule has 2 rings (SSSR count). The molecule has 0 saturated heterocycles. The van der Waals surface area contributed by atoms with Crippen LogP contribution < -0.4 is 0 Å². The van der Waals surface area contributed by atoms with Crippen LogP contribution in [0.2, 0.25) is 0 Å². The van der Waals surface area contributed by atoms with E-state index in [1.807, 2.05) is 40.8 Å². The summed E-state index contributed by atoms with van der Waals surface area (Å²) in [5.74, 6) is 0.653. The van der Waals surface area contributed by atoms with Crippen molar-refractivity contribution in [1.82, 2.24) is 19.6 Å². The Balaban J connectivity index is 0.000000379. The molecular formula is C10H18N4. The molecule has 0 unspecified atom stereocenters. The number of nitrogens with zero attached hydrogens (tertiary/aromatic N) is 4.